The molecule has 128 valence electrons. The Labute approximate surface area is 147 Å². The van der Waals surface area contributed by atoms with Gasteiger partial charge in [0.15, 0.2) is 0 Å². The molecule has 0 saturated heterocycles. The van der Waals surface area contributed by atoms with Crippen molar-refractivity contribution in [3.8, 4) is 11.8 Å². The number of rotatable bonds is 4. The Hall–Kier alpha value is -2.62. The number of hydrogen-bond donors (Lipinski definition) is 1. The molecule has 0 fully saturated rings. The molecule has 3 rings (SSSR count). The van der Waals surface area contributed by atoms with Gasteiger partial charge in [0.05, 0.1) is 17.5 Å². The molecule has 2 heterocycles. The predicted molar refractivity (Wildman–Crippen MR) is 98.5 cm³/mol. The molecule has 0 aliphatic carbocycles. The molecule has 1 N–H and O–H groups in total. The maximum absolute atomic E-state index is 12.0. The van der Waals surface area contributed by atoms with Crippen LogP contribution in [0.5, 0.6) is 0 Å². The fourth-order valence-electron chi connectivity index (χ4n) is 2.29. The van der Waals surface area contributed by atoms with Gasteiger partial charge >= 0.3 is 0 Å². The van der Waals surface area contributed by atoms with Gasteiger partial charge in [-0.2, -0.15) is 0 Å². The number of sulfonamides is 1. The van der Waals surface area contributed by atoms with Crippen LogP contribution in [0.2, 0.25) is 0 Å². The van der Waals surface area contributed by atoms with Crippen molar-refractivity contribution in [1.29, 1.82) is 0 Å². The normalized spacial score (nSPS) is 11.5. The lowest BCUT2D eigenvalue weighted by atomic mass is 10.2. The van der Waals surface area contributed by atoms with Crippen LogP contribution < -0.4 is 4.72 Å². The average molecular weight is 353 g/mol. The molecule has 0 amide bonds. The van der Waals surface area contributed by atoms with E-state index >= 15 is 0 Å². The molecule has 0 unspecified atom stereocenters. The Morgan fingerprint density at radius 1 is 1.08 bits per heavy atom. The van der Waals surface area contributed by atoms with Crippen LogP contribution in [0.3, 0.4) is 0 Å². The molecule has 2 aromatic heterocycles. The van der Waals surface area contributed by atoms with Crippen LogP contribution in [0.15, 0.2) is 54.7 Å². The second-order valence-electron chi connectivity index (χ2n) is 5.87. The van der Waals surface area contributed by atoms with Crippen molar-refractivity contribution in [1.82, 2.24) is 14.1 Å². The summed E-state index contributed by atoms with van der Waals surface area (Å²) in [5, 5.41) is -0.497. The first-order valence-corrected chi connectivity index (χ1v) is 9.53. The lowest BCUT2D eigenvalue weighted by molar-refractivity contribution is 0.571. The molecule has 3 aromatic rings. The van der Waals surface area contributed by atoms with Crippen molar-refractivity contribution >= 4 is 15.7 Å². The zero-order valence-corrected chi connectivity index (χ0v) is 14.9. The minimum Gasteiger partial charge on any atom is -0.293 e. The first-order chi connectivity index (χ1) is 12.0. The molecular weight excluding hydrogens is 334 g/mol. The molecule has 5 nitrogen and oxygen atoms in total. The number of fused-ring (bicyclic) bond motifs is 1. The van der Waals surface area contributed by atoms with Crippen molar-refractivity contribution in [2.24, 2.45) is 0 Å². The molecule has 1 aromatic carbocycles. The van der Waals surface area contributed by atoms with Gasteiger partial charge in [0.1, 0.15) is 11.3 Å². The summed E-state index contributed by atoms with van der Waals surface area (Å²) >= 11 is 0. The van der Waals surface area contributed by atoms with E-state index in [1.54, 1.807) is 13.8 Å². The fourth-order valence-corrected chi connectivity index (χ4v) is 2.96. The van der Waals surface area contributed by atoms with E-state index < -0.39 is 15.3 Å². The maximum atomic E-state index is 12.0. The van der Waals surface area contributed by atoms with Gasteiger partial charge in [-0.05, 0) is 44.0 Å². The number of nitrogens with zero attached hydrogens (tertiary/aromatic N) is 2. The lowest BCUT2D eigenvalue weighted by Gasteiger charge is -2.08. The third kappa shape index (κ3) is 3.90. The highest BCUT2D eigenvalue weighted by atomic mass is 32.2. The second-order valence-corrected chi connectivity index (χ2v) is 8.19. The quantitative estimate of drug-likeness (QED) is 0.733. The van der Waals surface area contributed by atoms with Gasteiger partial charge in [0, 0.05) is 11.8 Å². The summed E-state index contributed by atoms with van der Waals surface area (Å²) < 4.78 is 28.5. The summed E-state index contributed by atoms with van der Waals surface area (Å²) in [6, 6.07) is 15.3. The number of hydrogen-bond acceptors (Lipinski definition) is 3. The number of nitrogens with one attached hydrogen (secondary N) is 1. The van der Waals surface area contributed by atoms with Crippen LogP contribution in [-0.4, -0.2) is 23.1 Å². The smallest absolute Gasteiger partial charge is 0.214 e. The van der Waals surface area contributed by atoms with Gasteiger partial charge in [-0.15, -0.1) is 0 Å². The molecule has 0 aliphatic heterocycles. The minimum absolute atomic E-state index is 0.112. The second kappa shape index (κ2) is 7.09. The maximum Gasteiger partial charge on any atom is 0.214 e. The molecule has 0 atom stereocenters. The lowest BCUT2D eigenvalue weighted by Crippen LogP contribution is -2.30. The highest BCUT2D eigenvalue weighted by Gasteiger charge is 2.17. The van der Waals surface area contributed by atoms with E-state index in [0.717, 1.165) is 11.2 Å². The molecule has 0 spiro atoms. The fraction of sp³-hybridized carbons (Fsp3) is 0.211. The number of aromatic nitrogens is 2. The molecule has 0 aliphatic rings. The van der Waals surface area contributed by atoms with Gasteiger partial charge in [-0.1, -0.05) is 30.2 Å². The highest BCUT2D eigenvalue weighted by Crippen LogP contribution is 2.13. The SMILES string of the molecule is CC(C)S(=O)(=O)NCc1nc2ccccn2c1C#Cc1ccccc1. The Bertz CT molecular complexity index is 1040. The van der Waals surface area contributed by atoms with E-state index in [1.165, 1.54) is 0 Å². The monoisotopic (exact) mass is 353 g/mol. The molecule has 0 saturated carbocycles. The van der Waals surface area contributed by atoms with Gasteiger partial charge in [0.2, 0.25) is 10.0 Å². The molecule has 25 heavy (non-hydrogen) atoms. The molecular formula is C19H19N3O2S. The summed E-state index contributed by atoms with van der Waals surface area (Å²) in [6.07, 6.45) is 1.87. The Morgan fingerprint density at radius 2 is 1.80 bits per heavy atom. The first kappa shape index (κ1) is 17.2. The zero-order chi connectivity index (χ0) is 17.9. The highest BCUT2D eigenvalue weighted by molar-refractivity contribution is 7.90. The van der Waals surface area contributed by atoms with E-state index in [2.05, 4.69) is 21.5 Å². The number of pyridine rings is 1. The van der Waals surface area contributed by atoms with E-state index in [4.69, 9.17) is 0 Å². The van der Waals surface area contributed by atoms with Crippen LogP contribution in [0.1, 0.15) is 30.8 Å². The van der Waals surface area contributed by atoms with Crippen LogP contribution in [0, 0.1) is 11.8 Å². The first-order valence-electron chi connectivity index (χ1n) is 7.99. The van der Waals surface area contributed by atoms with Crippen LogP contribution in [0.25, 0.3) is 5.65 Å². The van der Waals surface area contributed by atoms with Crippen LogP contribution in [-0.2, 0) is 16.6 Å². The minimum atomic E-state index is -3.37. The summed E-state index contributed by atoms with van der Waals surface area (Å²) in [5.41, 5.74) is 2.92. The van der Waals surface area contributed by atoms with Crippen LogP contribution >= 0.6 is 0 Å². The van der Waals surface area contributed by atoms with Crippen molar-refractivity contribution in [2.75, 3.05) is 0 Å². The predicted octanol–water partition coefficient (Wildman–Crippen LogP) is 2.56. The number of imidazole rings is 1. The summed E-state index contributed by atoms with van der Waals surface area (Å²) in [5.74, 6) is 6.25. The Kier molecular flexibility index (Phi) is 4.88. The van der Waals surface area contributed by atoms with Crippen molar-refractivity contribution in [3.05, 3.63) is 71.7 Å². The van der Waals surface area contributed by atoms with Crippen molar-refractivity contribution < 1.29 is 8.42 Å². The molecule has 0 bridgehead atoms. The Balaban J connectivity index is 2.00. The van der Waals surface area contributed by atoms with Gasteiger partial charge in [-0.25, -0.2) is 18.1 Å². The topological polar surface area (TPSA) is 63.5 Å². The molecule has 0 radical (unpaired) electrons. The summed E-state index contributed by atoms with van der Waals surface area (Å²) in [7, 11) is -3.37. The van der Waals surface area contributed by atoms with E-state index in [0.29, 0.717) is 11.4 Å². The molecule has 6 heteroatoms. The van der Waals surface area contributed by atoms with Crippen LogP contribution in [0.4, 0.5) is 0 Å². The van der Waals surface area contributed by atoms with Gasteiger partial charge in [0.25, 0.3) is 0 Å². The van der Waals surface area contributed by atoms with Gasteiger partial charge in [-0.3, -0.25) is 4.40 Å². The Morgan fingerprint density at radius 3 is 2.52 bits per heavy atom. The van der Waals surface area contributed by atoms with E-state index in [9.17, 15) is 8.42 Å². The van der Waals surface area contributed by atoms with E-state index in [1.807, 2.05) is 59.1 Å². The number of benzene rings is 1. The zero-order valence-electron chi connectivity index (χ0n) is 14.1. The average Bonchev–Trinajstić information content (AvgIpc) is 2.97. The third-order valence-corrected chi connectivity index (χ3v) is 5.55. The van der Waals surface area contributed by atoms with Crippen molar-refractivity contribution in [2.45, 2.75) is 25.6 Å². The largest absolute Gasteiger partial charge is 0.293 e. The van der Waals surface area contributed by atoms with E-state index in [-0.39, 0.29) is 6.54 Å². The summed E-state index contributed by atoms with van der Waals surface area (Å²) in [4.78, 5) is 4.52. The third-order valence-electron chi connectivity index (χ3n) is 3.76. The van der Waals surface area contributed by atoms with Gasteiger partial charge < -0.3 is 0 Å². The standard InChI is InChI=1S/C19H19N3O2S/c1-15(2)25(23,24)20-14-17-18(12-11-16-8-4-3-5-9-16)22-13-7-6-10-19(22)21-17/h3-10,13,15,20H,14H2,1-2H3. The van der Waals surface area contributed by atoms with Crippen molar-refractivity contribution in [3.63, 3.8) is 0 Å². The summed E-state index contributed by atoms with van der Waals surface area (Å²) in [6.45, 7) is 3.39.